The third kappa shape index (κ3) is 5.17. The summed E-state index contributed by atoms with van der Waals surface area (Å²) in [4.78, 5) is 22.6. The predicted octanol–water partition coefficient (Wildman–Crippen LogP) is 0.606. The molecule has 15 heavy (non-hydrogen) atoms. The molecular formula is C10H17NO4. The zero-order valence-electron chi connectivity index (χ0n) is 9.55. The highest BCUT2D eigenvalue weighted by atomic mass is 16.5. The van der Waals surface area contributed by atoms with Crippen molar-refractivity contribution in [3.8, 4) is 0 Å². The molecule has 86 valence electrons. The maximum atomic E-state index is 11.4. The van der Waals surface area contributed by atoms with Crippen LogP contribution in [0.4, 0.5) is 0 Å². The predicted molar refractivity (Wildman–Crippen MR) is 55.0 cm³/mol. The molecule has 0 aromatic heterocycles. The molecule has 0 aromatic carbocycles. The van der Waals surface area contributed by atoms with Crippen molar-refractivity contribution in [3.63, 3.8) is 0 Å². The van der Waals surface area contributed by atoms with Gasteiger partial charge in [-0.15, -0.1) is 0 Å². The van der Waals surface area contributed by atoms with Crippen molar-refractivity contribution in [2.45, 2.75) is 20.8 Å². The van der Waals surface area contributed by atoms with Gasteiger partial charge >= 0.3 is 5.97 Å². The lowest BCUT2D eigenvalue weighted by molar-refractivity contribution is -0.140. The van der Waals surface area contributed by atoms with Gasteiger partial charge in [-0.2, -0.15) is 0 Å². The second kappa shape index (κ2) is 7.00. The van der Waals surface area contributed by atoms with Crippen LogP contribution in [0.25, 0.3) is 0 Å². The summed E-state index contributed by atoms with van der Waals surface area (Å²) in [5.74, 6) is -0.899. The molecule has 5 heteroatoms. The highest BCUT2D eigenvalue weighted by Crippen LogP contribution is 2.02. The van der Waals surface area contributed by atoms with E-state index in [2.05, 4.69) is 10.1 Å². The molecule has 0 saturated heterocycles. The number of carbonyl (C=O) groups is 2. The van der Waals surface area contributed by atoms with E-state index in [9.17, 15) is 9.59 Å². The van der Waals surface area contributed by atoms with Gasteiger partial charge < -0.3 is 14.8 Å². The number of carbonyl (C=O) groups excluding carboxylic acids is 2. The summed E-state index contributed by atoms with van der Waals surface area (Å²) in [5, 5.41) is 2.44. The summed E-state index contributed by atoms with van der Waals surface area (Å²) in [7, 11) is 1.41. The lowest BCUT2D eigenvalue weighted by Crippen LogP contribution is -2.32. The van der Waals surface area contributed by atoms with Crippen LogP contribution in [0.3, 0.4) is 0 Å². The van der Waals surface area contributed by atoms with Crippen LogP contribution < -0.4 is 5.32 Å². The molecule has 1 amide bonds. The Balaban J connectivity index is 4.51. The molecule has 0 spiro atoms. The Morgan fingerprint density at radius 2 is 1.87 bits per heavy atom. The van der Waals surface area contributed by atoms with Gasteiger partial charge in [0.25, 0.3) is 5.91 Å². The number of esters is 1. The number of hydrogen-bond donors (Lipinski definition) is 1. The molecule has 5 nitrogen and oxygen atoms in total. The van der Waals surface area contributed by atoms with Crippen LogP contribution in [0.2, 0.25) is 0 Å². The van der Waals surface area contributed by atoms with Crippen LogP contribution in [0.15, 0.2) is 11.3 Å². The van der Waals surface area contributed by atoms with E-state index >= 15 is 0 Å². The van der Waals surface area contributed by atoms with Gasteiger partial charge in [0, 0.05) is 7.11 Å². The number of hydrogen-bond acceptors (Lipinski definition) is 4. The summed E-state index contributed by atoms with van der Waals surface area (Å²) < 4.78 is 9.43. The van der Waals surface area contributed by atoms with Gasteiger partial charge in [0.15, 0.2) is 0 Å². The molecule has 0 radical (unpaired) electrons. The maximum absolute atomic E-state index is 11.4. The fraction of sp³-hybridized carbons (Fsp3) is 0.600. The minimum Gasteiger partial charge on any atom is -0.461 e. The fourth-order valence-electron chi connectivity index (χ4n) is 0.890. The molecule has 0 bridgehead atoms. The monoisotopic (exact) mass is 215 g/mol. The van der Waals surface area contributed by atoms with Crippen LogP contribution in [0, 0.1) is 0 Å². The number of rotatable bonds is 5. The Morgan fingerprint density at radius 3 is 2.27 bits per heavy atom. The maximum Gasteiger partial charge on any atom is 0.354 e. The zero-order valence-corrected chi connectivity index (χ0v) is 9.55. The second-order valence-corrected chi connectivity index (χ2v) is 3.08. The molecule has 0 unspecified atom stereocenters. The molecule has 0 aliphatic rings. The van der Waals surface area contributed by atoms with Crippen molar-refractivity contribution in [1.29, 1.82) is 0 Å². The third-order valence-electron chi connectivity index (χ3n) is 1.52. The van der Waals surface area contributed by atoms with Crippen molar-refractivity contribution in [2.24, 2.45) is 0 Å². The van der Waals surface area contributed by atoms with E-state index in [0.717, 1.165) is 0 Å². The number of allylic oxidation sites excluding steroid dienone is 1. The van der Waals surface area contributed by atoms with Crippen LogP contribution in [0.1, 0.15) is 20.8 Å². The van der Waals surface area contributed by atoms with Crippen molar-refractivity contribution in [1.82, 2.24) is 5.32 Å². The van der Waals surface area contributed by atoms with E-state index in [1.54, 1.807) is 20.8 Å². The number of amides is 1. The van der Waals surface area contributed by atoms with Crippen LogP contribution >= 0.6 is 0 Å². The molecule has 0 aromatic rings. The first-order valence-electron chi connectivity index (χ1n) is 4.66. The number of methoxy groups -OCH3 is 1. The lowest BCUT2D eigenvalue weighted by atomic mass is 10.2. The molecule has 0 aliphatic carbocycles. The highest BCUT2D eigenvalue weighted by Gasteiger charge is 2.14. The van der Waals surface area contributed by atoms with E-state index in [4.69, 9.17) is 4.74 Å². The molecule has 0 heterocycles. The van der Waals surface area contributed by atoms with E-state index in [0.29, 0.717) is 5.57 Å². The molecule has 0 atom stereocenters. The van der Waals surface area contributed by atoms with Crippen LogP contribution in [-0.2, 0) is 19.1 Å². The topological polar surface area (TPSA) is 64.6 Å². The normalized spacial score (nSPS) is 9.33. The lowest BCUT2D eigenvalue weighted by Gasteiger charge is -2.10. The van der Waals surface area contributed by atoms with Gasteiger partial charge in [-0.3, -0.25) is 4.79 Å². The quantitative estimate of drug-likeness (QED) is 0.539. The van der Waals surface area contributed by atoms with Gasteiger partial charge in [0.05, 0.1) is 6.61 Å². The van der Waals surface area contributed by atoms with Crippen LogP contribution in [-0.4, -0.2) is 32.2 Å². The van der Waals surface area contributed by atoms with Gasteiger partial charge in [-0.25, -0.2) is 4.79 Å². The first-order valence-corrected chi connectivity index (χ1v) is 4.66. The summed E-state index contributed by atoms with van der Waals surface area (Å²) in [6.45, 7) is 5.34. The Bertz CT molecular complexity index is 267. The van der Waals surface area contributed by atoms with Gasteiger partial charge in [0.2, 0.25) is 0 Å². The first-order chi connectivity index (χ1) is 7.02. The second-order valence-electron chi connectivity index (χ2n) is 3.08. The van der Waals surface area contributed by atoms with E-state index in [1.165, 1.54) is 7.11 Å². The Hall–Kier alpha value is -1.36. The molecule has 0 rings (SSSR count). The Kier molecular flexibility index (Phi) is 6.37. The summed E-state index contributed by atoms with van der Waals surface area (Å²) in [5.41, 5.74) is 0.872. The average Bonchev–Trinajstić information content (AvgIpc) is 2.14. The Morgan fingerprint density at radius 1 is 1.27 bits per heavy atom. The Labute approximate surface area is 89.4 Å². The van der Waals surface area contributed by atoms with E-state index in [-0.39, 0.29) is 24.8 Å². The fourth-order valence-corrected chi connectivity index (χ4v) is 0.890. The third-order valence-corrected chi connectivity index (χ3v) is 1.52. The van der Waals surface area contributed by atoms with Crippen molar-refractivity contribution >= 4 is 11.9 Å². The SMILES string of the molecule is CCOC(=O)C(NC(=O)COC)=C(C)C. The molecule has 0 fully saturated rings. The summed E-state index contributed by atoms with van der Waals surface area (Å²) in [6.07, 6.45) is 0. The molecule has 0 aliphatic heterocycles. The molecule has 1 N–H and O–H groups in total. The molecule has 0 saturated carbocycles. The van der Waals surface area contributed by atoms with Gasteiger partial charge in [0.1, 0.15) is 12.3 Å². The number of nitrogens with one attached hydrogen (secondary N) is 1. The zero-order chi connectivity index (χ0) is 11.8. The standard InChI is InChI=1S/C10H17NO4/c1-5-15-10(13)9(7(2)3)11-8(12)6-14-4/h5-6H2,1-4H3,(H,11,12). The van der Waals surface area contributed by atoms with Gasteiger partial charge in [-0.1, -0.05) is 0 Å². The first kappa shape index (κ1) is 13.6. The van der Waals surface area contributed by atoms with Crippen molar-refractivity contribution in [3.05, 3.63) is 11.3 Å². The van der Waals surface area contributed by atoms with Crippen molar-refractivity contribution < 1.29 is 19.1 Å². The smallest absolute Gasteiger partial charge is 0.354 e. The van der Waals surface area contributed by atoms with Gasteiger partial charge in [-0.05, 0) is 26.3 Å². The van der Waals surface area contributed by atoms with Crippen molar-refractivity contribution in [2.75, 3.05) is 20.3 Å². The summed E-state index contributed by atoms with van der Waals surface area (Å²) >= 11 is 0. The largest absolute Gasteiger partial charge is 0.461 e. The minimum atomic E-state index is -0.526. The average molecular weight is 215 g/mol. The summed E-state index contributed by atoms with van der Waals surface area (Å²) in [6, 6.07) is 0. The van der Waals surface area contributed by atoms with E-state index < -0.39 is 5.97 Å². The van der Waals surface area contributed by atoms with Crippen LogP contribution in [0.5, 0.6) is 0 Å². The number of ether oxygens (including phenoxy) is 2. The highest BCUT2D eigenvalue weighted by molar-refractivity contribution is 5.94. The minimum absolute atomic E-state index is 0.0871. The van der Waals surface area contributed by atoms with E-state index in [1.807, 2.05) is 0 Å². The molecular weight excluding hydrogens is 198 g/mol.